The van der Waals surface area contributed by atoms with Gasteiger partial charge < -0.3 is 9.64 Å². The van der Waals surface area contributed by atoms with Gasteiger partial charge in [-0.25, -0.2) is 0 Å². The predicted octanol–water partition coefficient (Wildman–Crippen LogP) is 3.37. The van der Waals surface area contributed by atoms with Crippen molar-refractivity contribution in [2.45, 2.75) is 52.1 Å². The first-order valence-electron chi connectivity index (χ1n) is 7.44. The largest absolute Gasteiger partial charge is 0.481 e. The summed E-state index contributed by atoms with van der Waals surface area (Å²) in [5.74, 6) is 0.862. The zero-order chi connectivity index (χ0) is 14.8. The molecule has 1 aromatic carbocycles. The minimum Gasteiger partial charge on any atom is -0.481 e. The molecular formula is C17H25NO2. The third-order valence-electron chi connectivity index (χ3n) is 3.80. The van der Waals surface area contributed by atoms with Crippen LogP contribution in [0.2, 0.25) is 0 Å². The quantitative estimate of drug-likeness (QED) is 0.846. The van der Waals surface area contributed by atoms with Gasteiger partial charge >= 0.3 is 0 Å². The summed E-state index contributed by atoms with van der Waals surface area (Å²) in [6.07, 6.45) is 1.81. The molecule has 0 saturated carbocycles. The Labute approximate surface area is 121 Å². The number of carbonyl (C=O) groups excluding carboxylic acids is 1. The summed E-state index contributed by atoms with van der Waals surface area (Å²) in [6, 6.07) is 8.05. The predicted molar refractivity (Wildman–Crippen MR) is 81.0 cm³/mol. The molecule has 1 aromatic rings. The number of carbonyl (C=O) groups is 1. The topological polar surface area (TPSA) is 29.5 Å². The second kappa shape index (κ2) is 5.86. The van der Waals surface area contributed by atoms with Crippen LogP contribution in [0, 0.1) is 0 Å². The van der Waals surface area contributed by atoms with Crippen LogP contribution < -0.4 is 4.74 Å². The molecule has 110 valence electrons. The second-order valence-electron chi connectivity index (χ2n) is 6.57. The van der Waals surface area contributed by atoms with Gasteiger partial charge in [0.05, 0.1) is 0 Å². The smallest absolute Gasteiger partial charge is 0.263 e. The molecule has 1 aliphatic rings. The first kappa shape index (κ1) is 14.9. The lowest BCUT2D eigenvalue weighted by Gasteiger charge is -2.22. The Balaban J connectivity index is 1.97. The zero-order valence-electron chi connectivity index (χ0n) is 13.0. The summed E-state index contributed by atoms with van der Waals surface area (Å²) in [4.78, 5) is 14.1. The van der Waals surface area contributed by atoms with E-state index >= 15 is 0 Å². The van der Waals surface area contributed by atoms with Crippen molar-refractivity contribution < 1.29 is 9.53 Å². The van der Waals surface area contributed by atoms with E-state index in [1.165, 1.54) is 5.56 Å². The highest BCUT2D eigenvalue weighted by Crippen LogP contribution is 2.25. The van der Waals surface area contributed by atoms with Crippen LogP contribution >= 0.6 is 0 Å². The molecule has 1 atom stereocenters. The lowest BCUT2D eigenvalue weighted by Crippen LogP contribution is -2.38. The Hall–Kier alpha value is -1.51. The number of likely N-dealkylation sites (tertiary alicyclic amines) is 1. The van der Waals surface area contributed by atoms with Gasteiger partial charge in [0.25, 0.3) is 5.91 Å². The molecule has 0 radical (unpaired) electrons. The summed E-state index contributed by atoms with van der Waals surface area (Å²) in [6.45, 7) is 10.1. The van der Waals surface area contributed by atoms with Crippen molar-refractivity contribution in [2.75, 3.05) is 13.1 Å². The van der Waals surface area contributed by atoms with Gasteiger partial charge in [-0.2, -0.15) is 0 Å². The monoisotopic (exact) mass is 275 g/mol. The van der Waals surface area contributed by atoms with Gasteiger partial charge in [-0.1, -0.05) is 32.9 Å². The molecule has 3 heteroatoms. The van der Waals surface area contributed by atoms with Crippen molar-refractivity contribution >= 4 is 5.91 Å². The van der Waals surface area contributed by atoms with Crippen molar-refractivity contribution in [1.82, 2.24) is 4.90 Å². The molecule has 0 bridgehead atoms. The summed E-state index contributed by atoms with van der Waals surface area (Å²) in [5, 5.41) is 0. The lowest BCUT2D eigenvalue weighted by molar-refractivity contribution is -0.136. The molecule has 1 saturated heterocycles. The van der Waals surface area contributed by atoms with Crippen molar-refractivity contribution in [3.63, 3.8) is 0 Å². The molecule has 1 heterocycles. The average Bonchev–Trinajstić information content (AvgIpc) is 2.91. The number of hydrogen-bond acceptors (Lipinski definition) is 2. The summed E-state index contributed by atoms with van der Waals surface area (Å²) in [5.41, 5.74) is 1.40. The number of ether oxygens (including phenoxy) is 1. The van der Waals surface area contributed by atoms with E-state index in [2.05, 4.69) is 32.9 Å². The van der Waals surface area contributed by atoms with Crippen LogP contribution in [0.25, 0.3) is 0 Å². The fourth-order valence-corrected chi connectivity index (χ4v) is 2.48. The van der Waals surface area contributed by atoms with Gasteiger partial charge in [0.15, 0.2) is 6.10 Å². The first-order chi connectivity index (χ1) is 9.38. The van der Waals surface area contributed by atoms with E-state index in [1.807, 2.05) is 24.0 Å². The Bertz CT molecular complexity index is 453. The van der Waals surface area contributed by atoms with E-state index in [0.29, 0.717) is 0 Å². The molecule has 0 spiro atoms. The van der Waals surface area contributed by atoms with Crippen molar-refractivity contribution in [3.8, 4) is 5.75 Å². The normalized spacial score (nSPS) is 17.1. The van der Waals surface area contributed by atoms with Crippen molar-refractivity contribution in [2.24, 2.45) is 0 Å². The molecule has 1 amide bonds. The number of rotatable bonds is 3. The van der Waals surface area contributed by atoms with Gasteiger partial charge in [0.1, 0.15) is 5.75 Å². The van der Waals surface area contributed by atoms with E-state index in [1.54, 1.807) is 0 Å². The van der Waals surface area contributed by atoms with Crippen LogP contribution in [0.1, 0.15) is 46.1 Å². The highest BCUT2D eigenvalue weighted by molar-refractivity contribution is 5.81. The molecule has 2 rings (SSSR count). The first-order valence-corrected chi connectivity index (χ1v) is 7.44. The molecule has 0 unspecified atom stereocenters. The van der Waals surface area contributed by atoms with E-state index in [4.69, 9.17) is 4.74 Å². The number of amides is 1. The SMILES string of the molecule is C[C@@H](Oc1ccc(C(C)(C)C)cc1)C(=O)N1CCCC1. The van der Waals surface area contributed by atoms with E-state index in [-0.39, 0.29) is 11.3 Å². The maximum absolute atomic E-state index is 12.2. The third-order valence-corrected chi connectivity index (χ3v) is 3.80. The highest BCUT2D eigenvalue weighted by Gasteiger charge is 2.24. The maximum Gasteiger partial charge on any atom is 0.263 e. The van der Waals surface area contributed by atoms with Crippen LogP contribution in [-0.4, -0.2) is 30.0 Å². The Kier molecular flexibility index (Phi) is 4.36. The number of benzene rings is 1. The molecule has 1 fully saturated rings. The molecule has 20 heavy (non-hydrogen) atoms. The van der Waals surface area contributed by atoms with Crippen molar-refractivity contribution in [1.29, 1.82) is 0 Å². The summed E-state index contributed by atoms with van der Waals surface area (Å²) < 4.78 is 5.76. The van der Waals surface area contributed by atoms with Gasteiger partial charge in [0.2, 0.25) is 0 Å². The Morgan fingerprint density at radius 3 is 2.20 bits per heavy atom. The molecule has 0 aromatic heterocycles. The molecule has 3 nitrogen and oxygen atoms in total. The second-order valence-corrected chi connectivity index (χ2v) is 6.57. The van der Waals surface area contributed by atoms with Gasteiger partial charge in [0, 0.05) is 13.1 Å². The molecule has 0 aliphatic carbocycles. The maximum atomic E-state index is 12.2. The van der Waals surface area contributed by atoms with Crippen molar-refractivity contribution in [3.05, 3.63) is 29.8 Å². The standard InChI is InChI=1S/C17H25NO2/c1-13(16(19)18-11-5-6-12-18)20-15-9-7-14(8-10-15)17(2,3)4/h7-10,13H,5-6,11-12H2,1-4H3/t13-/m1/s1. The average molecular weight is 275 g/mol. The minimum absolute atomic E-state index is 0.0994. The van der Waals surface area contributed by atoms with Crippen LogP contribution in [0.5, 0.6) is 5.75 Å². The van der Waals surface area contributed by atoms with E-state index < -0.39 is 6.10 Å². The van der Waals surface area contributed by atoms with Crippen LogP contribution in [0.15, 0.2) is 24.3 Å². The number of hydrogen-bond donors (Lipinski definition) is 0. The third kappa shape index (κ3) is 3.53. The molecular weight excluding hydrogens is 250 g/mol. The van der Waals surface area contributed by atoms with E-state index in [9.17, 15) is 4.79 Å². The summed E-state index contributed by atoms with van der Waals surface area (Å²) in [7, 11) is 0. The van der Waals surface area contributed by atoms with Gasteiger partial charge in [-0.05, 0) is 42.9 Å². The van der Waals surface area contributed by atoms with Crippen LogP contribution in [0.4, 0.5) is 0 Å². The van der Waals surface area contributed by atoms with Gasteiger partial charge in [-0.15, -0.1) is 0 Å². The number of nitrogens with zero attached hydrogens (tertiary/aromatic N) is 1. The fraction of sp³-hybridized carbons (Fsp3) is 0.588. The Morgan fingerprint density at radius 1 is 1.15 bits per heavy atom. The molecule has 0 N–H and O–H groups in total. The van der Waals surface area contributed by atoms with Gasteiger partial charge in [-0.3, -0.25) is 4.79 Å². The zero-order valence-corrected chi connectivity index (χ0v) is 13.0. The summed E-state index contributed by atoms with van der Waals surface area (Å²) >= 11 is 0. The minimum atomic E-state index is -0.409. The lowest BCUT2D eigenvalue weighted by atomic mass is 9.87. The van der Waals surface area contributed by atoms with Crippen LogP contribution in [-0.2, 0) is 10.2 Å². The Morgan fingerprint density at radius 2 is 1.70 bits per heavy atom. The molecule has 1 aliphatic heterocycles. The highest BCUT2D eigenvalue weighted by atomic mass is 16.5. The fourth-order valence-electron chi connectivity index (χ4n) is 2.48. The van der Waals surface area contributed by atoms with Crippen LogP contribution in [0.3, 0.4) is 0 Å². The van der Waals surface area contributed by atoms with E-state index in [0.717, 1.165) is 31.7 Å².